The van der Waals surface area contributed by atoms with Crippen LogP contribution in [0.25, 0.3) is 0 Å². The van der Waals surface area contributed by atoms with Gasteiger partial charge in [-0.15, -0.1) is 0 Å². The molecule has 0 bridgehead atoms. The standard InChI is InChI=1S/C15H19F2N3/c1-15(2,3)19-8-12-7-18-10-20(12)9-11-4-5-13(16)14(17)6-11/h4-7,10,19H,8-9H2,1-3H3. The average molecular weight is 279 g/mol. The molecule has 1 aromatic carbocycles. The Kier molecular flexibility index (Phi) is 4.18. The smallest absolute Gasteiger partial charge is 0.159 e. The van der Waals surface area contributed by atoms with E-state index in [0.717, 1.165) is 11.8 Å². The zero-order valence-corrected chi connectivity index (χ0v) is 12.0. The van der Waals surface area contributed by atoms with Crippen LogP contribution in [0, 0.1) is 11.6 Å². The molecule has 5 heteroatoms. The molecule has 1 N–H and O–H groups in total. The molecule has 0 fully saturated rings. The Morgan fingerprint density at radius 3 is 2.60 bits per heavy atom. The van der Waals surface area contributed by atoms with E-state index in [2.05, 4.69) is 31.1 Å². The predicted octanol–water partition coefficient (Wildman–Crippen LogP) is 3.10. The largest absolute Gasteiger partial charge is 0.329 e. The van der Waals surface area contributed by atoms with Crippen LogP contribution >= 0.6 is 0 Å². The van der Waals surface area contributed by atoms with Gasteiger partial charge < -0.3 is 9.88 Å². The van der Waals surface area contributed by atoms with Crippen molar-refractivity contribution in [1.29, 1.82) is 0 Å². The van der Waals surface area contributed by atoms with Gasteiger partial charge >= 0.3 is 0 Å². The summed E-state index contributed by atoms with van der Waals surface area (Å²) in [4.78, 5) is 4.11. The zero-order valence-electron chi connectivity index (χ0n) is 12.0. The fraction of sp³-hybridized carbons (Fsp3) is 0.400. The highest BCUT2D eigenvalue weighted by Gasteiger charge is 2.11. The molecule has 0 aliphatic rings. The van der Waals surface area contributed by atoms with Gasteiger partial charge in [0.2, 0.25) is 0 Å². The molecule has 0 unspecified atom stereocenters. The second kappa shape index (κ2) is 5.71. The van der Waals surface area contributed by atoms with E-state index >= 15 is 0 Å². The lowest BCUT2D eigenvalue weighted by Gasteiger charge is -2.21. The van der Waals surface area contributed by atoms with Crippen molar-refractivity contribution in [1.82, 2.24) is 14.9 Å². The lowest BCUT2D eigenvalue weighted by atomic mass is 10.1. The molecule has 0 aliphatic carbocycles. The van der Waals surface area contributed by atoms with Crippen molar-refractivity contribution in [2.24, 2.45) is 0 Å². The molecule has 0 radical (unpaired) electrons. The first kappa shape index (κ1) is 14.7. The van der Waals surface area contributed by atoms with Crippen molar-refractivity contribution in [3.05, 3.63) is 53.6 Å². The third-order valence-corrected chi connectivity index (χ3v) is 2.94. The molecule has 20 heavy (non-hydrogen) atoms. The molecule has 0 spiro atoms. The van der Waals surface area contributed by atoms with E-state index in [1.807, 2.05) is 4.57 Å². The van der Waals surface area contributed by atoms with Gasteiger partial charge in [-0.05, 0) is 38.5 Å². The first-order chi connectivity index (χ1) is 9.35. The number of nitrogens with zero attached hydrogens (tertiary/aromatic N) is 2. The molecule has 0 saturated heterocycles. The lowest BCUT2D eigenvalue weighted by molar-refractivity contribution is 0.417. The topological polar surface area (TPSA) is 29.9 Å². The molecule has 2 aromatic rings. The minimum absolute atomic E-state index is 0.0110. The number of hydrogen-bond acceptors (Lipinski definition) is 2. The van der Waals surface area contributed by atoms with Crippen LogP contribution in [-0.4, -0.2) is 15.1 Å². The van der Waals surface area contributed by atoms with Crippen LogP contribution in [0.2, 0.25) is 0 Å². The Bertz CT molecular complexity index is 585. The van der Waals surface area contributed by atoms with Gasteiger partial charge in [0, 0.05) is 24.8 Å². The van der Waals surface area contributed by atoms with Gasteiger partial charge in [-0.3, -0.25) is 0 Å². The highest BCUT2D eigenvalue weighted by Crippen LogP contribution is 2.12. The summed E-state index contributed by atoms with van der Waals surface area (Å²) >= 11 is 0. The van der Waals surface area contributed by atoms with Crippen molar-refractivity contribution in [3.8, 4) is 0 Å². The Balaban J connectivity index is 2.10. The predicted molar refractivity (Wildman–Crippen MR) is 74.3 cm³/mol. The lowest BCUT2D eigenvalue weighted by Crippen LogP contribution is -2.35. The molecule has 1 heterocycles. The summed E-state index contributed by atoms with van der Waals surface area (Å²) in [6.45, 7) is 7.40. The molecule has 2 rings (SSSR count). The van der Waals surface area contributed by atoms with Crippen molar-refractivity contribution in [3.63, 3.8) is 0 Å². The summed E-state index contributed by atoms with van der Waals surface area (Å²) < 4.78 is 28.0. The molecular weight excluding hydrogens is 260 g/mol. The number of hydrogen-bond donors (Lipinski definition) is 1. The van der Waals surface area contributed by atoms with E-state index in [9.17, 15) is 8.78 Å². The molecule has 0 saturated carbocycles. The fourth-order valence-electron chi connectivity index (χ4n) is 1.83. The molecule has 0 amide bonds. The van der Waals surface area contributed by atoms with Crippen molar-refractivity contribution < 1.29 is 8.78 Å². The Morgan fingerprint density at radius 1 is 1.20 bits per heavy atom. The van der Waals surface area contributed by atoms with E-state index in [4.69, 9.17) is 0 Å². The summed E-state index contributed by atoms with van der Waals surface area (Å²) in [6.07, 6.45) is 3.47. The minimum atomic E-state index is -0.825. The molecule has 0 atom stereocenters. The van der Waals surface area contributed by atoms with E-state index in [0.29, 0.717) is 18.7 Å². The second-order valence-electron chi connectivity index (χ2n) is 5.86. The van der Waals surface area contributed by atoms with Gasteiger partial charge in [0.1, 0.15) is 0 Å². The summed E-state index contributed by atoms with van der Waals surface area (Å²) in [5.41, 5.74) is 1.72. The van der Waals surface area contributed by atoms with Crippen LogP contribution in [0.5, 0.6) is 0 Å². The van der Waals surface area contributed by atoms with Gasteiger partial charge in [0.15, 0.2) is 11.6 Å². The van der Waals surface area contributed by atoms with Crippen LogP contribution in [0.1, 0.15) is 32.0 Å². The summed E-state index contributed by atoms with van der Waals surface area (Å²) in [5, 5.41) is 3.38. The number of benzene rings is 1. The quantitative estimate of drug-likeness (QED) is 0.932. The van der Waals surface area contributed by atoms with Crippen LogP contribution in [0.4, 0.5) is 8.78 Å². The maximum atomic E-state index is 13.2. The van der Waals surface area contributed by atoms with Gasteiger partial charge in [0.25, 0.3) is 0 Å². The van der Waals surface area contributed by atoms with E-state index in [1.54, 1.807) is 18.6 Å². The van der Waals surface area contributed by atoms with Crippen LogP contribution in [0.15, 0.2) is 30.7 Å². The van der Waals surface area contributed by atoms with Crippen molar-refractivity contribution in [2.45, 2.75) is 39.4 Å². The Hall–Kier alpha value is -1.75. The number of imidazole rings is 1. The third-order valence-electron chi connectivity index (χ3n) is 2.94. The Labute approximate surface area is 117 Å². The van der Waals surface area contributed by atoms with E-state index in [-0.39, 0.29) is 5.54 Å². The van der Waals surface area contributed by atoms with Gasteiger partial charge in [-0.1, -0.05) is 6.07 Å². The molecule has 0 aliphatic heterocycles. The summed E-state index contributed by atoms with van der Waals surface area (Å²) in [7, 11) is 0. The zero-order chi connectivity index (χ0) is 14.8. The van der Waals surface area contributed by atoms with Crippen molar-refractivity contribution in [2.75, 3.05) is 0 Å². The van der Waals surface area contributed by atoms with Crippen LogP contribution in [-0.2, 0) is 13.1 Å². The Morgan fingerprint density at radius 2 is 1.95 bits per heavy atom. The normalized spacial score (nSPS) is 11.8. The van der Waals surface area contributed by atoms with Crippen molar-refractivity contribution >= 4 is 0 Å². The van der Waals surface area contributed by atoms with Crippen LogP contribution in [0.3, 0.4) is 0 Å². The SMILES string of the molecule is CC(C)(C)NCc1cncn1Cc1ccc(F)c(F)c1. The van der Waals surface area contributed by atoms with E-state index < -0.39 is 11.6 Å². The molecule has 3 nitrogen and oxygen atoms in total. The first-order valence-corrected chi connectivity index (χ1v) is 6.53. The first-order valence-electron chi connectivity index (χ1n) is 6.53. The highest BCUT2D eigenvalue weighted by atomic mass is 19.2. The van der Waals surface area contributed by atoms with Gasteiger partial charge in [-0.2, -0.15) is 0 Å². The molecular formula is C15H19F2N3. The highest BCUT2D eigenvalue weighted by molar-refractivity contribution is 5.19. The number of nitrogens with one attached hydrogen (secondary N) is 1. The molecule has 108 valence electrons. The van der Waals surface area contributed by atoms with Gasteiger partial charge in [0.05, 0.1) is 12.0 Å². The van der Waals surface area contributed by atoms with Gasteiger partial charge in [-0.25, -0.2) is 13.8 Å². The van der Waals surface area contributed by atoms with E-state index in [1.165, 1.54) is 6.07 Å². The second-order valence-corrected chi connectivity index (χ2v) is 5.86. The minimum Gasteiger partial charge on any atom is -0.329 e. The number of rotatable bonds is 4. The number of halogens is 2. The maximum Gasteiger partial charge on any atom is 0.159 e. The number of aromatic nitrogens is 2. The summed E-state index contributed by atoms with van der Waals surface area (Å²) in [6, 6.07) is 3.95. The molecule has 1 aromatic heterocycles. The summed E-state index contributed by atoms with van der Waals surface area (Å²) in [5.74, 6) is -1.65. The van der Waals surface area contributed by atoms with Crippen LogP contribution < -0.4 is 5.32 Å². The fourth-order valence-corrected chi connectivity index (χ4v) is 1.83. The third kappa shape index (κ3) is 3.87. The maximum absolute atomic E-state index is 13.2. The average Bonchev–Trinajstić information content (AvgIpc) is 2.78. The monoisotopic (exact) mass is 279 g/mol.